The second-order valence-electron chi connectivity index (χ2n) is 6.03. The summed E-state index contributed by atoms with van der Waals surface area (Å²) in [7, 11) is 0. The van der Waals surface area contributed by atoms with Gasteiger partial charge in [0.1, 0.15) is 0 Å². The standard InChI is InChI=1S/C15H22N2O2/c16-7-3-1-2-4-8-17-14(18)12-10-5-6-11(9-10)13(12)15(17)19/h5-6,10-13H,1-4,7-9,16H2. The van der Waals surface area contributed by atoms with Crippen molar-refractivity contribution in [2.45, 2.75) is 32.1 Å². The number of hydrogen-bond acceptors (Lipinski definition) is 3. The van der Waals surface area contributed by atoms with Crippen LogP contribution in [0.25, 0.3) is 0 Å². The first-order chi connectivity index (χ1) is 9.24. The Bertz CT molecular complexity index is 388. The number of carbonyl (C=O) groups is 2. The summed E-state index contributed by atoms with van der Waals surface area (Å²) in [6.45, 7) is 1.33. The molecule has 2 aliphatic carbocycles. The van der Waals surface area contributed by atoms with Crippen LogP contribution in [-0.2, 0) is 9.59 Å². The van der Waals surface area contributed by atoms with E-state index in [-0.39, 0.29) is 23.7 Å². The Balaban J connectivity index is 1.57. The van der Waals surface area contributed by atoms with Gasteiger partial charge in [-0.05, 0) is 37.6 Å². The fourth-order valence-electron chi connectivity index (χ4n) is 3.95. The van der Waals surface area contributed by atoms with E-state index in [9.17, 15) is 9.59 Å². The number of nitrogens with zero attached hydrogens (tertiary/aromatic N) is 1. The first kappa shape index (κ1) is 12.9. The highest BCUT2D eigenvalue weighted by atomic mass is 16.2. The molecule has 4 heteroatoms. The van der Waals surface area contributed by atoms with Crippen molar-refractivity contribution in [2.24, 2.45) is 29.4 Å². The normalized spacial score (nSPS) is 35.5. The van der Waals surface area contributed by atoms with Gasteiger partial charge in [0.25, 0.3) is 0 Å². The Morgan fingerprint density at radius 3 is 2.16 bits per heavy atom. The number of unbranched alkanes of at least 4 members (excludes halogenated alkanes) is 3. The molecule has 2 bridgehead atoms. The summed E-state index contributed by atoms with van der Waals surface area (Å²) in [5.74, 6) is 0.761. The summed E-state index contributed by atoms with van der Waals surface area (Å²) in [4.78, 5) is 26.2. The highest BCUT2D eigenvalue weighted by Crippen LogP contribution is 2.52. The number of hydrogen-bond donors (Lipinski definition) is 1. The van der Waals surface area contributed by atoms with E-state index >= 15 is 0 Å². The zero-order chi connectivity index (χ0) is 13.4. The largest absolute Gasteiger partial charge is 0.330 e. The molecule has 4 unspecified atom stereocenters. The molecule has 2 fully saturated rings. The van der Waals surface area contributed by atoms with Crippen molar-refractivity contribution >= 4 is 11.8 Å². The van der Waals surface area contributed by atoms with E-state index in [0.29, 0.717) is 18.4 Å². The molecule has 0 aromatic rings. The number of imide groups is 1. The average Bonchev–Trinajstić information content (AvgIpc) is 3.06. The maximum absolute atomic E-state index is 12.4. The van der Waals surface area contributed by atoms with E-state index in [0.717, 1.165) is 38.6 Å². The zero-order valence-electron chi connectivity index (χ0n) is 11.3. The molecule has 0 radical (unpaired) electrons. The van der Waals surface area contributed by atoms with Gasteiger partial charge in [0.05, 0.1) is 11.8 Å². The topological polar surface area (TPSA) is 63.4 Å². The minimum absolute atomic E-state index is 0.0356. The molecule has 2 N–H and O–H groups in total. The molecule has 2 amide bonds. The van der Waals surface area contributed by atoms with Crippen LogP contribution in [0, 0.1) is 23.7 Å². The second kappa shape index (κ2) is 5.08. The summed E-state index contributed by atoms with van der Waals surface area (Å²) < 4.78 is 0. The Morgan fingerprint density at radius 2 is 1.58 bits per heavy atom. The quantitative estimate of drug-likeness (QED) is 0.446. The van der Waals surface area contributed by atoms with E-state index in [1.165, 1.54) is 4.90 Å². The fourth-order valence-corrected chi connectivity index (χ4v) is 3.95. The molecule has 104 valence electrons. The van der Waals surface area contributed by atoms with Gasteiger partial charge in [0.15, 0.2) is 0 Å². The number of likely N-dealkylation sites (tertiary alicyclic amines) is 1. The third-order valence-electron chi connectivity index (χ3n) is 4.90. The van der Waals surface area contributed by atoms with Gasteiger partial charge in [0, 0.05) is 6.54 Å². The van der Waals surface area contributed by atoms with Crippen LogP contribution in [0.4, 0.5) is 0 Å². The minimum atomic E-state index is -0.0356. The van der Waals surface area contributed by atoms with Gasteiger partial charge in [-0.3, -0.25) is 14.5 Å². The molecule has 4 nitrogen and oxygen atoms in total. The van der Waals surface area contributed by atoms with Crippen LogP contribution < -0.4 is 5.73 Å². The van der Waals surface area contributed by atoms with Crippen molar-refractivity contribution in [3.8, 4) is 0 Å². The molecule has 0 spiro atoms. The summed E-state index contributed by atoms with van der Waals surface area (Å²) >= 11 is 0. The summed E-state index contributed by atoms with van der Waals surface area (Å²) in [6, 6.07) is 0. The first-order valence-corrected chi connectivity index (χ1v) is 7.47. The van der Waals surface area contributed by atoms with E-state index in [1.807, 2.05) is 0 Å². The smallest absolute Gasteiger partial charge is 0.233 e. The van der Waals surface area contributed by atoms with E-state index in [2.05, 4.69) is 12.2 Å². The molecule has 3 aliphatic rings. The van der Waals surface area contributed by atoms with Gasteiger partial charge in [-0.1, -0.05) is 25.0 Å². The maximum atomic E-state index is 12.4. The summed E-state index contributed by atoms with van der Waals surface area (Å²) in [5, 5.41) is 0. The van der Waals surface area contributed by atoms with Gasteiger partial charge < -0.3 is 5.73 Å². The van der Waals surface area contributed by atoms with E-state index in [4.69, 9.17) is 5.73 Å². The summed E-state index contributed by atoms with van der Waals surface area (Å²) in [5.41, 5.74) is 5.45. The molecule has 1 saturated heterocycles. The van der Waals surface area contributed by atoms with Gasteiger partial charge in [-0.2, -0.15) is 0 Å². The fraction of sp³-hybridized carbons (Fsp3) is 0.733. The molecule has 0 aromatic carbocycles. The molecule has 1 aliphatic heterocycles. The van der Waals surface area contributed by atoms with Crippen LogP contribution in [0.15, 0.2) is 12.2 Å². The average molecular weight is 262 g/mol. The lowest BCUT2D eigenvalue weighted by Crippen LogP contribution is -2.33. The van der Waals surface area contributed by atoms with E-state index < -0.39 is 0 Å². The monoisotopic (exact) mass is 262 g/mol. The molecule has 1 saturated carbocycles. The molecule has 3 rings (SSSR count). The van der Waals surface area contributed by atoms with Crippen LogP contribution in [0.2, 0.25) is 0 Å². The lowest BCUT2D eigenvalue weighted by Gasteiger charge is -2.16. The van der Waals surface area contributed by atoms with Crippen molar-refractivity contribution in [2.75, 3.05) is 13.1 Å². The van der Waals surface area contributed by atoms with Gasteiger partial charge >= 0.3 is 0 Å². The third kappa shape index (κ3) is 2.02. The maximum Gasteiger partial charge on any atom is 0.233 e. The number of fused-ring (bicyclic) bond motifs is 5. The Kier molecular flexibility index (Phi) is 3.44. The van der Waals surface area contributed by atoms with Crippen molar-refractivity contribution in [1.82, 2.24) is 4.90 Å². The van der Waals surface area contributed by atoms with Crippen molar-refractivity contribution < 1.29 is 9.59 Å². The minimum Gasteiger partial charge on any atom is -0.330 e. The van der Waals surface area contributed by atoms with Gasteiger partial charge in [-0.15, -0.1) is 0 Å². The Hall–Kier alpha value is -1.16. The number of carbonyl (C=O) groups excluding carboxylic acids is 2. The predicted molar refractivity (Wildman–Crippen MR) is 72.0 cm³/mol. The zero-order valence-corrected chi connectivity index (χ0v) is 11.3. The van der Waals surface area contributed by atoms with Crippen LogP contribution in [0.3, 0.4) is 0 Å². The number of allylic oxidation sites excluding steroid dienone is 2. The highest BCUT2D eigenvalue weighted by Gasteiger charge is 2.58. The molecular weight excluding hydrogens is 240 g/mol. The third-order valence-corrected chi connectivity index (χ3v) is 4.90. The molecule has 1 heterocycles. The Labute approximate surface area is 114 Å². The van der Waals surface area contributed by atoms with Crippen molar-refractivity contribution in [1.29, 1.82) is 0 Å². The lowest BCUT2D eigenvalue weighted by atomic mass is 9.85. The molecule has 19 heavy (non-hydrogen) atoms. The van der Waals surface area contributed by atoms with Crippen LogP contribution >= 0.6 is 0 Å². The van der Waals surface area contributed by atoms with Gasteiger partial charge in [0.2, 0.25) is 11.8 Å². The van der Waals surface area contributed by atoms with Crippen LogP contribution in [0.1, 0.15) is 32.1 Å². The van der Waals surface area contributed by atoms with Crippen LogP contribution in [-0.4, -0.2) is 29.8 Å². The summed E-state index contributed by atoms with van der Waals surface area (Å²) in [6.07, 6.45) is 9.38. The lowest BCUT2D eigenvalue weighted by molar-refractivity contribution is -0.140. The number of amides is 2. The van der Waals surface area contributed by atoms with E-state index in [1.54, 1.807) is 0 Å². The molecular formula is C15H22N2O2. The van der Waals surface area contributed by atoms with Gasteiger partial charge in [-0.25, -0.2) is 0 Å². The first-order valence-electron chi connectivity index (χ1n) is 7.47. The van der Waals surface area contributed by atoms with Crippen molar-refractivity contribution in [3.05, 3.63) is 12.2 Å². The number of rotatable bonds is 6. The SMILES string of the molecule is NCCCCCCN1C(=O)C2C3C=CC(C3)C2C1=O. The van der Waals surface area contributed by atoms with Crippen LogP contribution in [0.5, 0.6) is 0 Å². The van der Waals surface area contributed by atoms with Crippen molar-refractivity contribution in [3.63, 3.8) is 0 Å². The highest BCUT2D eigenvalue weighted by molar-refractivity contribution is 6.06. The Morgan fingerprint density at radius 1 is 1.00 bits per heavy atom. The second-order valence-corrected chi connectivity index (χ2v) is 6.03. The molecule has 0 aromatic heterocycles. The predicted octanol–water partition coefficient (Wildman–Crippen LogP) is 1.31. The molecule has 4 atom stereocenters. The number of nitrogens with two attached hydrogens (primary N) is 1.